The molecule has 0 aliphatic heterocycles. The largest absolute Gasteiger partial charge is 0.390 e. The second-order valence-corrected chi connectivity index (χ2v) is 14.0. The van der Waals surface area contributed by atoms with E-state index >= 15 is 0 Å². The lowest BCUT2D eigenvalue weighted by Crippen LogP contribution is -2.63. The minimum absolute atomic E-state index is 0.0259. The Hall–Kier alpha value is -0.830. The molecule has 37 heavy (non-hydrogen) atoms. The Labute approximate surface area is 222 Å². The number of ether oxygens (including phenoxy) is 2. The van der Waals surface area contributed by atoms with Gasteiger partial charge in [0.05, 0.1) is 35.6 Å². The Kier molecular flexibility index (Phi) is 7.62. The van der Waals surface area contributed by atoms with Crippen LogP contribution in [0.5, 0.6) is 0 Å². The van der Waals surface area contributed by atoms with Gasteiger partial charge >= 0.3 is 0 Å². The van der Waals surface area contributed by atoms with E-state index in [4.69, 9.17) is 9.47 Å². The molecule has 4 aliphatic carbocycles. The van der Waals surface area contributed by atoms with Gasteiger partial charge in [-0.3, -0.25) is 4.79 Å². The predicted molar refractivity (Wildman–Crippen MR) is 141 cm³/mol. The number of rotatable bonds is 8. The molecule has 4 rings (SSSR count). The molecule has 4 aliphatic rings. The molecule has 0 saturated heterocycles. The summed E-state index contributed by atoms with van der Waals surface area (Å²) in [6.07, 6.45) is 5.17. The topological polar surface area (TPSA) is 116 Å². The molecular formula is C30H50O7. The second-order valence-electron chi connectivity index (χ2n) is 14.0. The third kappa shape index (κ3) is 4.46. The number of ketones is 1. The van der Waals surface area contributed by atoms with Crippen LogP contribution in [0.25, 0.3) is 0 Å². The van der Waals surface area contributed by atoms with Crippen molar-refractivity contribution < 1.29 is 34.7 Å². The summed E-state index contributed by atoms with van der Waals surface area (Å²) in [5, 5.41) is 43.5. The highest BCUT2D eigenvalue weighted by atomic mass is 16.5. The minimum Gasteiger partial charge on any atom is -0.390 e. The van der Waals surface area contributed by atoms with Gasteiger partial charge in [0.2, 0.25) is 0 Å². The zero-order valence-electron chi connectivity index (χ0n) is 23.9. The molecule has 3 fully saturated rings. The van der Waals surface area contributed by atoms with Gasteiger partial charge in [-0.25, -0.2) is 0 Å². The molecule has 10 atom stereocenters. The molecule has 0 aromatic rings. The van der Waals surface area contributed by atoms with E-state index < -0.39 is 39.8 Å². The van der Waals surface area contributed by atoms with Gasteiger partial charge in [0.1, 0.15) is 0 Å². The van der Waals surface area contributed by atoms with Crippen LogP contribution in [0.1, 0.15) is 86.0 Å². The van der Waals surface area contributed by atoms with Gasteiger partial charge in [-0.2, -0.15) is 0 Å². The van der Waals surface area contributed by atoms with Crippen LogP contribution in [0.2, 0.25) is 0 Å². The van der Waals surface area contributed by atoms with Crippen molar-refractivity contribution in [3.63, 3.8) is 0 Å². The molecule has 7 heteroatoms. The van der Waals surface area contributed by atoms with E-state index in [9.17, 15) is 25.2 Å². The van der Waals surface area contributed by atoms with Gasteiger partial charge < -0.3 is 29.9 Å². The van der Waals surface area contributed by atoms with Gasteiger partial charge in [-0.1, -0.05) is 13.8 Å². The Morgan fingerprint density at radius 1 is 1.05 bits per heavy atom. The van der Waals surface area contributed by atoms with E-state index in [1.54, 1.807) is 34.1 Å². The molecule has 0 heterocycles. The molecule has 212 valence electrons. The lowest BCUT2D eigenvalue weighted by molar-refractivity contribution is -0.177. The van der Waals surface area contributed by atoms with Crippen LogP contribution in [0.4, 0.5) is 0 Å². The van der Waals surface area contributed by atoms with Gasteiger partial charge in [0.15, 0.2) is 5.78 Å². The maximum atomic E-state index is 13.5. The van der Waals surface area contributed by atoms with Crippen molar-refractivity contribution >= 4 is 5.78 Å². The highest BCUT2D eigenvalue weighted by Crippen LogP contribution is 2.70. The van der Waals surface area contributed by atoms with Gasteiger partial charge in [-0.15, -0.1) is 0 Å². The lowest BCUT2D eigenvalue weighted by atomic mass is 9.45. The van der Waals surface area contributed by atoms with Crippen LogP contribution in [0, 0.1) is 34.5 Å². The summed E-state index contributed by atoms with van der Waals surface area (Å²) in [5.41, 5.74) is -2.37. The monoisotopic (exact) mass is 522 g/mol. The summed E-state index contributed by atoms with van der Waals surface area (Å²) >= 11 is 0. The van der Waals surface area contributed by atoms with E-state index in [1.165, 1.54) is 0 Å². The fourth-order valence-corrected chi connectivity index (χ4v) is 9.29. The molecule has 0 bridgehead atoms. The Morgan fingerprint density at radius 2 is 1.73 bits per heavy atom. The molecule has 0 radical (unpaired) electrons. The van der Waals surface area contributed by atoms with Crippen molar-refractivity contribution in [1.29, 1.82) is 0 Å². The number of hydrogen-bond donors (Lipinski definition) is 4. The highest BCUT2D eigenvalue weighted by molar-refractivity contribution is 5.95. The summed E-state index contributed by atoms with van der Waals surface area (Å²) in [6.45, 7) is 10.2. The number of carbonyl (C=O) groups excluding carboxylic acids is 1. The SMILES string of the molecule is COCC(CCC(C)(C)O)[C@](C)(O)C1CCC2(OC)C3=CC(=O)C4CC(O)C(O)CC4(C)C3CCC12C. The van der Waals surface area contributed by atoms with Crippen molar-refractivity contribution in [2.24, 2.45) is 34.5 Å². The quantitative estimate of drug-likeness (QED) is 0.386. The molecule has 0 amide bonds. The summed E-state index contributed by atoms with van der Waals surface area (Å²) in [6, 6.07) is 0. The number of fused-ring (bicyclic) bond motifs is 5. The molecule has 3 saturated carbocycles. The standard InChI is InChI=1S/C30H50O7/c1-26(2,34)11-8-18(17-36-6)29(5,35)25-10-13-30(37-7)20-14-22(31)21-15-23(32)24(33)16-27(21,3)19(20)9-12-28(25,30)4/h14,18-19,21,23-25,32-35H,8-13,15-17H2,1-7H3/t18?,19?,21?,23?,24?,25?,27?,28?,29-,30?/m0/s1. The van der Waals surface area contributed by atoms with Crippen LogP contribution >= 0.6 is 0 Å². The van der Waals surface area contributed by atoms with E-state index in [0.29, 0.717) is 38.7 Å². The number of carbonyl (C=O) groups is 1. The molecule has 0 aromatic carbocycles. The smallest absolute Gasteiger partial charge is 0.159 e. The number of aliphatic hydroxyl groups is 4. The van der Waals surface area contributed by atoms with Crippen molar-refractivity contribution in [1.82, 2.24) is 0 Å². The van der Waals surface area contributed by atoms with Gasteiger partial charge in [0.25, 0.3) is 0 Å². The van der Waals surface area contributed by atoms with E-state index in [2.05, 4.69) is 13.8 Å². The lowest BCUT2D eigenvalue weighted by Gasteiger charge is -2.62. The van der Waals surface area contributed by atoms with Crippen LogP contribution in [0.15, 0.2) is 11.6 Å². The Morgan fingerprint density at radius 3 is 2.32 bits per heavy atom. The summed E-state index contributed by atoms with van der Waals surface area (Å²) in [7, 11) is 3.39. The van der Waals surface area contributed by atoms with Gasteiger partial charge in [-0.05, 0) is 101 Å². The minimum atomic E-state index is -1.06. The molecular weight excluding hydrogens is 472 g/mol. The predicted octanol–water partition coefficient (Wildman–Crippen LogP) is 3.41. The maximum Gasteiger partial charge on any atom is 0.159 e. The molecule has 0 spiro atoms. The van der Waals surface area contributed by atoms with Crippen molar-refractivity contribution in [3.05, 3.63) is 11.6 Å². The zero-order valence-corrected chi connectivity index (χ0v) is 23.9. The third-order valence-corrected chi connectivity index (χ3v) is 11.4. The fourth-order valence-electron chi connectivity index (χ4n) is 9.29. The first-order valence-corrected chi connectivity index (χ1v) is 14.2. The van der Waals surface area contributed by atoms with Crippen molar-refractivity contribution in [3.8, 4) is 0 Å². The first kappa shape index (κ1) is 29.2. The molecule has 4 N–H and O–H groups in total. The van der Waals surface area contributed by atoms with E-state index in [1.807, 2.05) is 6.92 Å². The average Bonchev–Trinajstić information content (AvgIpc) is 3.12. The van der Waals surface area contributed by atoms with Crippen LogP contribution < -0.4 is 0 Å². The second kappa shape index (κ2) is 9.67. The van der Waals surface area contributed by atoms with Gasteiger partial charge in [0, 0.05) is 31.5 Å². The fraction of sp³-hybridized carbons (Fsp3) is 0.900. The third-order valence-electron chi connectivity index (χ3n) is 11.4. The molecule has 0 aromatic heterocycles. The van der Waals surface area contributed by atoms with Crippen LogP contribution in [0.3, 0.4) is 0 Å². The van der Waals surface area contributed by atoms with Crippen molar-refractivity contribution in [2.45, 2.75) is 115 Å². The Balaban J connectivity index is 1.72. The summed E-state index contributed by atoms with van der Waals surface area (Å²) < 4.78 is 12.0. The van der Waals surface area contributed by atoms with Crippen molar-refractivity contribution in [2.75, 3.05) is 20.8 Å². The molecule has 9 unspecified atom stereocenters. The first-order chi connectivity index (χ1) is 17.1. The Bertz CT molecular complexity index is 906. The summed E-state index contributed by atoms with van der Waals surface area (Å²) in [4.78, 5) is 13.5. The number of aliphatic hydroxyl groups excluding tert-OH is 2. The van der Waals surface area contributed by atoms with E-state index in [-0.39, 0.29) is 29.5 Å². The average molecular weight is 523 g/mol. The number of hydrogen-bond acceptors (Lipinski definition) is 7. The van der Waals surface area contributed by atoms with E-state index in [0.717, 1.165) is 24.8 Å². The number of methoxy groups -OCH3 is 2. The number of allylic oxidation sites excluding steroid dienone is 1. The zero-order chi connectivity index (χ0) is 27.6. The normalized spacial score (nSPS) is 44.4. The molecule has 7 nitrogen and oxygen atoms in total. The highest BCUT2D eigenvalue weighted by Gasteiger charge is 2.69. The summed E-state index contributed by atoms with van der Waals surface area (Å²) in [5.74, 6) is -0.429. The maximum absolute atomic E-state index is 13.5. The van der Waals surface area contributed by atoms with Crippen LogP contribution in [-0.4, -0.2) is 76.0 Å². The van der Waals surface area contributed by atoms with Crippen LogP contribution in [-0.2, 0) is 14.3 Å². The first-order valence-electron chi connectivity index (χ1n) is 14.2.